The van der Waals surface area contributed by atoms with Crippen LogP contribution in [-0.2, 0) is 6.54 Å². The molecule has 1 amide bonds. The zero-order valence-electron chi connectivity index (χ0n) is 12.3. The molecule has 0 saturated carbocycles. The molecule has 0 aliphatic rings. The van der Waals surface area contributed by atoms with Gasteiger partial charge in [-0.2, -0.15) is 0 Å². The van der Waals surface area contributed by atoms with E-state index in [2.05, 4.69) is 15.3 Å². The van der Waals surface area contributed by atoms with Crippen molar-refractivity contribution in [3.05, 3.63) is 47.8 Å². The van der Waals surface area contributed by atoms with Crippen molar-refractivity contribution >= 4 is 11.7 Å². The molecule has 0 unspecified atom stereocenters. The van der Waals surface area contributed by atoms with Gasteiger partial charge in [0.25, 0.3) is 5.91 Å². The third-order valence-electron chi connectivity index (χ3n) is 2.92. The molecule has 6 heteroatoms. The highest BCUT2D eigenvalue weighted by Gasteiger charge is 2.08. The second kappa shape index (κ2) is 6.69. The van der Waals surface area contributed by atoms with Crippen LogP contribution in [0, 0.1) is 0 Å². The number of ether oxygens (including phenoxy) is 1. The van der Waals surface area contributed by atoms with Crippen LogP contribution in [0.2, 0.25) is 0 Å². The zero-order chi connectivity index (χ0) is 15.2. The molecule has 2 rings (SSSR count). The topological polar surface area (TPSA) is 67.3 Å². The molecule has 21 heavy (non-hydrogen) atoms. The highest BCUT2D eigenvalue weighted by Crippen LogP contribution is 2.15. The molecule has 0 spiro atoms. The largest absolute Gasteiger partial charge is 0.481 e. The summed E-state index contributed by atoms with van der Waals surface area (Å²) < 4.78 is 5.19. The van der Waals surface area contributed by atoms with Gasteiger partial charge in [-0.15, -0.1) is 0 Å². The second-order valence-electron chi connectivity index (χ2n) is 4.66. The molecule has 1 N–H and O–H groups in total. The molecule has 0 aliphatic carbocycles. The molecule has 2 heterocycles. The normalized spacial score (nSPS) is 10.0. The Labute approximate surface area is 123 Å². The molecule has 110 valence electrons. The second-order valence-corrected chi connectivity index (χ2v) is 4.66. The molecule has 0 bridgehead atoms. The number of carbonyl (C=O) groups excluding carboxylic acids is 1. The fourth-order valence-corrected chi connectivity index (χ4v) is 1.81. The van der Waals surface area contributed by atoms with Crippen molar-refractivity contribution in [3.63, 3.8) is 0 Å². The minimum Gasteiger partial charge on any atom is -0.481 e. The summed E-state index contributed by atoms with van der Waals surface area (Å²) >= 11 is 0. The van der Waals surface area contributed by atoms with Crippen molar-refractivity contribution < 1.29 is 9.53 Å². The number of methoxy groups -OCH3 is 1. The van der Waals surface area contributed by atoms with Gasteiger partial charge in [0.15, 0.2) is 0 Å². The van der Waals surface area contributed by atoms with Crippen LogP contribution in [0.4, 0.5) is 5.82 Å². The van der Waals surface area contributed by atoms with E-state index in [4.69, 9.17) is 4.74 Å². The molecular weight excluding hydrogens is 268 g/mol. The van der Waals surface area contributed by atoms with Crippen LogP contribution >= 0.6 is 0 Å². The lowest BCUT2D eigenvalue weighted by Gasteiger charge is -2.11. The number of carbonyl (C=O) groups is 1. The Balaban J connectivity index is 2.02. The molecule has 0 aliphatic heterocycles. The maximum absolute atomic E-state index is 11.8. The first-order valence-electron chi connectivity index (χ1n) is 6.51. The molecule has 2 aromatic heterocycles. The number of amides is 1. The first kappa shape index (κ1) is 14.8. The van der Waals surface area contributed by atoms with Gasteiger partial charge in [-0.3, -0.25) is 4.79 Å². The predicted octanol–water partition coefficient (Wildman–Crippen LogP) is 1.80. The lowest BCUT2D eigenvalue weighted by atomic mass is 10.2. The third-order valence-corrected chi connectivity index (χ3v) is 2.92. The smallest absolute Gasteiger partial charge is 0.254 e. The van der Waals surface area contributed by atoms with Gasteiger partial charge in [-0.1, -0.05) is 6.07 Å². The number of nitrogens with one attached hydrogen (secondary N) is 1. The Morgan fingerprint density at radius 2 is 2.10 bits per heavy atom. The molecular formula is C15H18N4O2. The van der Waals surface area contributed by atoms with Gasteiger partial charge >= 0.3 is 0 Å². The summed E-state index contributed by atoms with van der Waals surface area (Å²) in [5.41, 5.74) is 1.50. The summed E-state index contributed by atoms with van der Waals surface area (Å²) in [7, 11) is 5.01. The van der Waals surface area contributed by atoms with Crippen LogP contribution < -0.4 is 10.1 Å². The first-order chi connectivity index (χ1) is 10.1. The minimum absolute atomic E-state index is 0.0667. The van der Waals surface area contributed by atoms with Crippen molar-refractivity contribution in [2.24, 2.45) is 0 Å². The summed E-state index contributed by atoms with van der Waals surface area (Å²) in [6.45, 7) is 0.547. The van der Waals surface area contributed by atoms with E-state index in [0.717, 1.165) is 5.56 Å². The van der Waals surface area contributed by atoms with Crippen LogP contribution in [-0.4, -0.2) is 42.0 Å². The monoisotopic (exact) mass is 286 g/mol. The molecule has 6 nitrogen and oxygen atoms in total. The molecule has 0 atom stereocenters. The van der Waals surface area contributed by atoms with Crippen molar-refractivity contribution in [3.8, 4) is 5.88 Å². The third kappa shape index (κ3) is 3.68. The zero-order valence-corrected chi connectivity index (χ0v) is 12.3. The summed E-state index contributed by atoms with van der Waals surface area (Å²) in [6.07, 6.45) is 3.24. The van der Waals surface area contributed by atoms with Crippen LogP contribution in [0.3, 0.4) is 0 Å². The lowest BCUT2D eigenvalue weighted by molar-refractivity contribution is 0.0827. The van der Waals surface area contributed by atoms with Crippen molar-refractivity contribution in [1.82, 2.24) is 14.9 Å². The Morgan fingerprint density at radius 1 is 1.29 bits per heavy atom. The minimum atomic E-state index is -0.0667. The summed E-state index contributed by atoms with van der Waals surface area (Å²) in [4.78, 5) is 21.6. The molecule has 0 radical (unpaired) electrons. The molecule has 0 saturated heterocycles. The van der Waals surface area contributed by atoms with Crippen molar-refractivity contribution in [2.45, 2.75) is 6.54 Å². The Bertz CT molecular complexity index is 611. The van der Waals surface area contributed by atoms with Gasteiger partial charge in [0.2, 0.25) is 5.88 Å². The summed E-state index contributed by atoms with van der Waals surface area (Å²) in [5.74, 6) is 1.21. The number of hydrogen-bond donors (Lipinski definition) is 1. The molecule has 2 aromatic rings. The van der Waals surface area contributed by atoms with E-state index in [1.807, 2.05) is 12.1 Å². The average Bonchev–Trinajstić information content (AvgIpc) is 2.52. The van der Waals surface area contributed by atoms with Crippen molar-refractivity contribution in [1.29, 1.82) is 0 Å². The van der Waals surface area contributed by atoms with Crippen LogP contribution in [0.15, 0.2) is 36.7 Å². The Hall–Kier alpha value is -2.63. The first-order valence-corrected chi connectivity index (χ1v) is 6.51. The maximum atomic E-state index is 11.8. The fourth-order valence-electron chi connectivity index (χ4n) is 1.81. The van der Waals surface area contributed by atoms with Gasteiger partial charge in [0.05, 0.1) is 12.7 Å². The van der Waals surface area contributed by atoms with Crippen molar-refractivity contribution in [2.75, 3.05) is 26.5 Å². The SMILES string of the molecule is COc1ncccc1CNc1ccc(C(=O)N(C)C)cn1. The van der Waals surface area contributed by atoms with Crippen LogP contribution in [0.1, 0.15) is 15.9 Å². The number of rotatable bonds is 5. The lowest BCUT2D eigenvalue weighted by Crippen LogP contribution is -2.21. The van der Waals surface area contributed by atoms with Gasteiger partial charge < -0.3 is 15.0 Å². The number of aromatic nitrogens is 2. The van der Waals surface area contributed by atoms with E-state index in [-0.39, 0.29) is 5.91 Å². The standard InChI is InChI=1S/C15H18N4O2/c1-19(2)15(20)12-6-7-13(18-10-12)17-9-11-5-4-8-16-14(11)21-3/h4-8,10H,9H2,1-3H3,(H,17,18). The van der Waals surface area contributed by atoms with Gasteiger partial charge in [0, 0.05) is 38.6 Å². The van der Waals surface area contributed by atoms with E-state index in [0.29, 0.717) is 23.8 Å². The highest BCUT2D eigenvalue weighted by molar-refractivity contribution is 5.93. The number of nitrogens with zero attached hydrogens (tertiary/aromatic N) is 3. The number of pyridine rings is 2. The highest BCUT2D eigenvalue weighted by atomic mass is 16.5. The summed E-state index contributed by atoms with van der Waals surface area (Å²) in [5, 5.41) is 3.18. The fraction of sp³-hybridized carbons (Fsp3) is 0.267. The Morgan fingerprint density at radius 3 is 2.71 bits per heavy atom. The predicted molar refractivity (Wildman–Crippen MR) is 80.4 cm³/mol. The summed E-state index contributed by atoms with van der Waals surface area (Å²) in [6, 6.07) is 7.31. The van der Waals surface area contributed by atoms with E-state index in [1.165, 1.54) is 4.90 Å². The Kier molecular flexibility index (Phi) is 4.71. The number of anilines is 1. The molecule has 0 fully saturated rings. The van der Waals surface area contributed by atoms with Crippen LogP contribution in [0.5, 0.6) is 5.88 Å². The van der Waals surface area contributed by atoms with Crippen LogP contribution in [0.25, 0.3) is 0 Å². The average molecular weight is 286 g/mol. The maximum Gasteiger partial charge on any atom is 0.254 e. The van der Waals surface area contributed by atoms with Gasteiger partial charge in [-0.25, -0.2) is 9.97 Å². The van der Waals surface area contributed by atoms with Gasteiger partial charge in [0.1, 0.15) is 5.82 Å². The van der Waals surface area contributed by atoms with E-state index in [1.54, 1.807) is 45.7 Å². The van der Waals surface area contributed by atoms with E-state index >= 15 is 0 Å². The van der Waals surface area contributed by atoms with Gasteiger partial charge in [-0.05, 0) is 18.2 Å². The number of hydrogen-bond acceptors (Lipinski definition) is 5. The molecule has 0 aromatic carbocycles. The van der Waals surface area contributed by atoms with E-state index < -0.39 is 0 Å². The quantitative estimate of drug-likeness (QED) is 0.907. The van der Waals surface area contributed by atoms with E-state index in [9.17, 15) is 4.79 Å².